The average Bonchev–Trinajstić information content (AvgIpc) is 2.38. The summed E-state index contributed by atoms with van der Waals surface area (Å²) < 4.78 is 5.62. The van der Waals surface area contributed by atoms with Crippen LogP contribution < -0.4 is 5.73 Å². The maximum Gasteiger partial charge on any atom is 0.0731 e. The van der Waals surface area contributed by atoms with Crippen LogP contribution in [0, 0.1) is 0 Å². The minimum atomic E-state index is 0.534. The first-order valence-corrected chi connectivity index (χ1v) is 6.29. The molecule has 0 aromatic heterocycles. The Kier molecular flexibility index (Phi) is 4.62. The van der Waals surface area contributed by atoms with Crippen LogP contribution in [0.3, 0.4) is 0 Å². The molecule has 0 aliphatic heterocycles. The first kappa shape index (κ1) is 12.9. The van der Waals surface area contributed by atoms with E-state index in [1.165, 1.54) is 0 Å². The van der Waals surface area contributed by atoms with Crippen molar-refractivity contribution in [2.75, 3.05) is 12.3 Å². The lowest BCUT2D eigenvalue weighted by molar-refractivity contribution is 0.124. The molecule has 0 aliphatic rings. The second kappa shape index (κ2) is 6.43. The molecular formula is C15H16ClNO. The van der Waals surface area contributed by atoms with Crippen molar-refractivity contribution in [2.24, 2.45) is 0 Å². The molecule has 0 radical (unpaired) electrons. The molecule has 2 aromatic carbocycles. The first-order valence-electron chi connectivity index (χ1n) is 5.92. The smallest absolute Gasteiger partial charge is 0.0731 e. The molecule has 0 amide bonds. The molecule has 0 unspecified atom stereocenters. The topological polar surface area (TPSA) is 35.2 Å². The Balaban J connectivity index is 1.80. The zero-order valence-electron chi connectivity index (χ0n) is 10.1. The zero-order chi connectivity index (χ0) is 12.8. The number of hydrogen-bond donors (Lipinski definition) is 1. The molecule has 2 aromatic rings. The lowest BCUT2D eigenvalue weighted by Gasteiger charge is -2.07. The second-order valence-electron chi connectivity index (χ2n) is 4.09. The van der Waals surface area contributed by atoms with Crippen LogP contribution in [0.1, 0.15) is 11.1 Å². The van der Waals surface area contributed by atoms with Gasteiger partial charge in [-0.3, -0.25) is 0 Å². The van der Waals surface area contributed by atoms with Crippen molar-refractivity contribution in [3.05, 3.63) is 64.7 Å². The molecule has 18 heavy (non-hydrogen) atoms. The third-order valence-electron chi connectivity index (χ3n) is 2.79. The summed E-state index contributed by atoms with van der Waals surface area (Å²) in [5, 5.41) is 0.747. The quantitative estimate of drug-likeness (QED) is 0.658. The van der Waals surface area contributed by atoms with Gasteiger partial charge in [-0.1, -0.05) is 48.0 Å². The van der Waals surface area contributed by atoms with Crippen LogP contribution in [-0.4, -0.2) is 6.61 Å². The van der Waals surface area contributed by atoms with Crippen molar-refractivity contribution in [1.29, 1.82) is 0 Å². The van der Waals surface area contributed by atoms with E-state index in [1.807, 2.05) is 48.5 Å². The molecule has 0 fully saturated rings. The summed E-state index contributed by atoms with van der Waals surface area (Å²) in [6, 6.07) is 15.6. The molecule has 0 saturated carbocycles. The Hall–Kier alpha value is -1.51. The van der Waals surface area contributed by atoms with Crippen LogP contribution in [0.25, 0.3) is 0 Å². The SMILES string of the molecule is Nc1ccccc1CCOCc1ccccc1Cl. The summed E-state index contributed by atoms with van der Waals surface area (Å²) in [6.45, 7) is 1.17. The Bertz CT molecular complexity index is 466. The van der Waals surface area contributed by atoms with Gasteiger partial charge in [0.05, 0.1) is 13.2 Å². The van der Waals surface area contributed by atoms with E-state index in [2.05, 4.69) is 0 Å². The fourth-order valence-corrected chi connectivity index (χ4v) is 1.93. The predicted molar refractivity (Wildman–Crippen MR) is 75.7 cm³/mol. The van der Waals surface area contributed by atoms with Crippen LogP contribution >= 0.6 is 11.6 Å². The molecule has 3 heteroatoms. The molecule has 2 nitrogen and oxygen atoms in total. The Morgan fingerprint density at radius 3 is 2.33 bits per heavy atom. The number of anilines is 1. The van der Waals surface area contributed by atoms with Crippen molar-refractivity contribution in [1.82, 2.24) is 0 Å². The normalized spacial score (nSPS) is 10.5. The maximum atomic E-state index is 6.05. The van der Waals surface area contributed by atoms with Crippen molar-refractivity contribution in [3.63, 3.8) is 0 Å². The monoisotopic (exact) mass is 261 g/mol. The maximum absolute atomic E-state index is 6.05. The fraction of sp³-hybridized carbons (Fsp3) is 0.200. The van der Waals surface area contributed by atoms with Gasteiger partial charge in [-0.05, 0) is 29.7 Å². The minimum Gasteiger partial charge on any atom is -0.399 e. The summed E-state index contributed by atoms with van der Waals surface area (Å²) in [4.78, 5) is 0. The van der Waals surface area contributed by atoms with Gasteiger partial charge >= 0.3 is 0 Å². The lowest BCUT2D eigenvalue weighted by atomic mass is 10.1. The molecule has 2 rings (SSSR count). The van der Waals surface area contributed by atoms with Gasteiger partial charge in [-0.2, -0.15) is 0 Å². The number of nitrogen functional groups attached to an aromatic ring is 1. The molecular weight excluding hydrogens is 246 g/mol. The van der Waals surface area contributed by atoms with E-state index in [0.717, 1.165) is 28.3 Å². The lowest BCUT2D eigenvalue weighted by Crippen LogP contribution is -2.02. The average molecular weight is 262 g/mol. The predicted octanol–water partition coefficient (Wildman–Crippen LogP) is 3.68. The zero-order valence-corrected chi connectivity index (χ0v) is 10.9. The van der Waals surface area contributed by atoms with E-state index in [9.17, 15) is 0 Å². The second-order valence-corrected chi connectivity index (χ2v) is 4.50. The molecule has 0 bridgehead atoms. The molecule has 0 atom stereocenters. The summed E-state index contributed by atoms with van der Waals surface area (Å²) in [6.07, 6.45) is 0.817. The molecule has 94 valence electrons. The van der Waals surface area contributed by atoms with Crippen LogP contribution in [0.15, 0.2) is 48.5 Å². The van der Waals surface area contributed by atoms with Crippen LogP contribution in [-0.2, 0) is 17.8 Å². The van der Waals surface area contributed by atoms with Gasteiger partial charge in [0.25, 0.3) is 0 Å². The van der Waals surface area contributed by atoms with Gasteiger partial charge in [0.2, 0.25) is 0 Å². The van der Waals surface area contributed by atoms with E-state index in [0.29, 0.717) is 13.2 Å². The number of ether oxygens (including phenoxy) is 1. The largest absolute Gasteiger partial charge is 0.399 e. The van der Waals surface area contributed by atoms with E-state index < -0.39 is 0 Å². The number of para-hydroxylation sites is 1. The highest BCUT2D eigenvalue weighted by Crippen LogP contribution is 2.16. The van der Waals surface area contributed by atoms with E-state index in [1.54, 1.807) is 0 Å². The number of halogens is 1. The summed E-state index contributed by atoms with van der Waals surface area (Å²) in [5.74, 6) is 0. The van der Waals surface area contributed by atoms with Crippen molar-refractivity contribution < 1.29 is 4.74 Å². The first-order chi connectivity index (χ1) is 8.77. The highest BCUT2D eigenvalue weighted by atomic mass is 35.5. The third kappa shape index (κ3) is 3.49. The summed E-state index contributed by atoms with van der Waals surface area (Å²) >= 11 is 6.05. The molecule has 0 spiro atoms. The van der Waals surface area contributed by atoms with Gasteiger partial charge in [0.15, 0.2) is 0 Å². The Morgan fingerprint density at radius 2 is 1.61 bits per heavy atom. The van der Waals surface area contributed by atoms with Crippen LogP contribution in [0.4, 0.5) is 5.69 Å². The van der Waals surface area contributed by atoms with Gasteiger partial charge in [0, 0.05) is 10.7 Å². The molecule has 0 heterocycles. The van der Waals surface area contributed by atoms with Crippen molar-refractivity contribution in [3.8, 4) is 0 Å². The van der Waals surface area contributed by atoms with Gasteiger partial charge in [-0.15, -0.1) is 0 Å². The fourth-order valence-electron chi connectivity index (χ4n) is 1.74. The van der Waals surface area contributed by atoms with E-state index in [-0.39, 0.29) is 0 Å². The molecule has 0 saturated heterocycles. The van der Waals surface area contributed by atoms with Gasteiger partial charge < -0.3 is 10.5 Å². The van der Waals surface area contributed by atoms with E-state index >= 15 is 0 Å². The van der Waals surface area contributed by atoms with Crippen LogP contribution in [0.5, 0.6) is 0 Å². The standard InChI is InChI=1S/C15H16ClNO/c16-14-7-3-1-6-13(14)11-18-10-9-12-5-2-4-8-15(12)17/h1-8H,9-11,17H2. The summed E-state index contributed by atoms with van der Waals surface area (Å²) in [7, 11) is 0. The van der Waals surface area contributed by atoms with Gasteiger partial charge in [0.1, 0.15) is 0 Å². The molecule has 0 aliphatic carbocycles. The van der Waals surface area contributed by atoms with Gasteiger partial charge in [-0.25, -0.2) is 0 Å². The summed E-state index contributed by atoms with van der Waals surface area (Å²) in [5.41, 5.74) is 8.82. The highest BCUT2D eigenvalue weighted by Gasteiger charge is 2.00. The third-order valence-corrected chi connectivity index (χ3v) is 3.15. The Labute approximate surface area is 112 Å². The minimum absolute atomic E-state index is 0.534. The number of rotatable bonds is 5. The van der Waals surface area contributed by atoms with Crippen molar-refractivity contribution in [2.45, 2.75) is 13.0 Å². The Morgan fingerprint density at radius 1 is 0.944 bits per heavy atom. The van der Waals surface area contributed by atoms with E-state index in [4.69, 9.17) is 22.1 Å². The van der Waals surface area contributed by atoms with Crippen molar-refractivity contribution >= 4 is 17.3 Å². The number of nitrogens with two attached hydrogens (primary N) is 1. The molecule has 2 N–H and O–H groups in total. The number of benzene rings is 2. The number of hydrogen-bond acceptors (Lipinski definition) is 2. The van der Waals surface area contributed by atoms with Crippen LogP contribution in [0.2, 0.25) is 5.02 Å². The highest BCUT2D eigenvalue weighted by molar-refractivity contribution is 6.31.